The summed E-state index contributed by atoms with van der Waals surface area (Å²) in [5.41, 5.74) is 2.03. The van der Waals surface area contributed by atoms with Crippen molar-refractivity contribution in [2.45, 2.75) is 46.4 Å². The molecule has 9 heteroatoms. The summed E-state index contributed by atoms with van der Waals surface area (Å²) in [6, 6.07) is 12.4. The Morgan fingerprint density at radius 3 is 2.29 bits per heavy atom. The van der Waals surface area contributed by atoms with Gasteiger partial charge in [-0.15, -0.1) is 0 Å². The fourth-order valence-corrected chi connectivity index (χ4v) is 4.20. The first-order chi connectivity index (χ1) is 16.7. The zero-order valence-corrected chi connectivity index (χ0v) is 20.6. The van der Waals surface area contributed by atoms with Gasteiger partial charge in [0, 0.05) is 17.7 Å². The Labute approximate surface area is 204 Å². The van der Waals surface area contributed by atoms with Gasteiger partial charge in [-0.05, 0) is 57.9 Å². The number of nitrogens with zero attached hydrogens (tertiary/aromatic N) is 1. The summed E-state index contributed by atoms with van der Waals surface area (Å²) in [5, 5.41) is 9.65. The monoisotopic (exact) mass is 481 g/mol. The Hall–Kier alpha value is -3.72. The van der Waals surface area contributed by atoms with Crippen LogP contribution in [0.1, 0.15) is 46.5 Å². The fourth-order valence-electron chi connectivity index (χ4n) is 4.20. The van der Waals surface area contributed by atoms with Crippen molar-refractivity contribution in [3.63, 3.8) is 0 Å². The molecule has 1 aliphatic heterocycles. The molecular formula is C26H31N3O6. The van der Waals surface area contributed by atoms with E-state index in [2.05, 4.69) is 15.8 Å². The molecule has 0 aliphatic carbocycles. The summed E-state index contributed by atoms with van der Waals surface area (Å²) in [6.45, 7) is 9.13. The third-order valence-corrected chi connectivity index (χ3v) is 5.60. The quantitative estimate of drug-likeness (QED) is 0.532. The summed E-state index contributed by atoms with van der Waals surface area (Å²) in [7, 11) is 0. The Balaban J connectivity index is 2.14. The predicted molar refractivity (Wildman–Crippen MR) is 130 cm³/mol. The van der Waals surface area contributed by atoms with Gasteiger partial charge >= 0.3 is 5.97 Å². The highest BCUT2D eigenvalue weighted by Crippen LogP contribution is 2.33. The molecule has 186 valence electrons. The number of carbonyl (C=O) groups is 3. The van der Waals surface area contributed by atoms with Gasteiger partial charge in [-0.25, -0.2) is 0 Å². The average molecular weight is 482 g/mol. The molecule has 2 unspecified atom stereocenters. The van der Waals surface area contributed by atoms with Gasteiger partial charge in [0.25, 0.3) is 18.1 Å². The van der Waals surface area contributed by atoms with E-state index < -0.39 is 36.2 Å². The molecule has 2 aromatic rings. The summed E-state index contributed by atoms with van der Waals surface area (Å²) in [4.78, 5) is 44.8. The molecule has 0 spiro atoms. The van der Waals surface area contributed by atoms with Gasteiger partial charge in [0.05, 0.1) is 6.61 Å². The number of esters is 1. The van der Waals surface area contributed by atoms with E-state index >= 15 is 0 Å². The minimum Gasteiger partial charge on any atom is -0.465 e. The minimum absolute atomic E-state index is 0.170. The van der Waals surface area contributed by atoms with Crippen LogP contribution < -0.4 is 10.6 Å². The molecular weight excluding hydrogens is 450 g/mol. The second kappa shape index (κ2) is 11.1. The number of nitrogens with one attached hydrogen (secondary N) is 2. The highest BCUT2D eigenvalue weighted by Gasteiger charge is 2.59. The number of aryl methyl sites for hydroxylation is 3. The van der Waals surface area contributed by atoms with Gasteiger partial charge < -0.3 is 24.9 Å². The Kier molecular flexibility index (Phi) is 8.24. The number of amides is 2. The van der Waals surface area contributed by atoms with Crippen molar-refractivity contribution in [2.24, 2.45) is 5.16 Å². The minimum atomic E-state index is -1.87. The average Bonchev–Trinajstić information content (AvgIpc) is 3.16. The molecule has 2 amide bonds. The van der Waals surface area contributed by atoms with E-state index in [-0.39, 0.29) is 18.9 Å². The van der Waals surface area contributed by atoms with Crippen LogP contribution in [0, 0.1) is 20.8 Å². The lowest BCUT2D eigenvalue weighted by Crippen LogP contribution is -2.69. The van der Waals surface area contributed by atoms with Crippen molar-refractivity contribution in [1.82, 2.24) is 10.6 Å². The normalized spacial score (nSPS) is 18.9. The number of rotatable bonds is 9. The van der Waals surface area contributed by atoms with Crippen molar-refractivity contribution in [3.05, 3.63) is 70.3 Å². The van der Waals surface area contributed by atoms with E-state index in [1.807, 2.05) is 32.9 Å². The van der Waals surface area contributed by atoms with Crippen LogP contribution in [0.4, 0.5) is 0 Å². The first kappa shape index (κ1) is 25.9. The van der Waals surface area contributed by atoms with E-state index in [1.165, 1.54) is 0 Å². The Morgan fingerprint density at radius 1 is 1.03 bits per heavy atom. The highest BCUT2D eigenvalue weighted by molar-refractivity contribution is 6.24. The van der Waals surface area contributed by atoms with Crippen molar-refractivity contribution in [2.75, 3.05) is 19.8 Å². The molecule has 0 bridgehead atoms. The maximum absolute atomic E-state index is 13.8. The van der Waals surface area contributed by atoms with Crippen molar-refractivity contribution < 1.29 is 28.7 Å². The van der Waals surface area contributed by atoms with Crippen LogP contribution >= 0.6 is 0 Å². The highest BCUT2D eigenvalue weighted by atomic mass is 16.8. The molecule has 1 aliphatic rings. The van der Waals surface area contributed by atoms with Crippen LogP contribution in [0.5, 0.6) is 0 Å². The Morgan fingerprint density at radius 2 is 1.69 bits per heavy atom. The molecule has 35 heavy (non-hydrogen) atoms. The van der Waals surface area contributed by atoms with Crippen LogP contribution in [-0.2, 0) is 23.9 Å². The van der Waals surface area contributed by atoms with Crippen molar-refractivity contribution in [3.8, 4) is 0 Å². The second-order valence-electron chi connectivity index (χ2n) is 8.22. The van der Waals surface area contributed by atoms with Crippen LogP contribution in [-0.4, -0.2) is 55.1 Å². The lowest BCUT2D eigenvalue weighted by molar-refractivity contribution is -0.165. The summed E-state index contributed by atoms with van der Waals surface area (Å²) < 4.78 is 10.7. The number of hydrogen-bond donors (Lipinski definition) is 2. The second-order valence-corrected chi connectivity index (χ2v) is 8.22. The molecule has 3 rings (SSSR count). The number of carbonyl (C=O) groups excluding carboxylic acids is 3. The van der Waals surface area contributed by atoms with Crippen LogP contribution in [0.15, 0.2) is 47.6 Å². The van der Waals surface area contributed by atoms with Gasteiger partial charge in [-0.2, -0.15) is 0 Å². The number of benzene rings is 2. The van der Waals surface area contributed by atoms with E-state index in [0.29, 0.717) is 11.1 Å². The molecule has 0 radical (unpaired) electrons. The van der Waals surface area contributed by atoms with E-state index in [4.69, 9.17) is 14.3 Å². The number of ether oxygens (including phenoxy) is 2. The molecule has 2 aromatic carbocycles. The van der Waals surface area contributed by atoms with Gasteiger partial charge in [-0.3, -0.25) is 14.4 Å². The molecule has 2 atom stereocenters. The SMILES string of the molecule is CCOC(=O)CNC(=O)C1(NC(=O)c2ccccc2)C(c2c(C)cc(C)cc2C)=NOC1OCC. The van der Waals surface area contributed by atoms with E-state index in [1.54, 1.807) is 44.2 Å². The van der Waals surface area contributed by atoms with Gasteiger partial charge in [0.15, 0.2) is 0 Å². The summed E-state index contributed by atoms with van der Waals surface area (Å²) in [6.07, 6.45) is -1.27. The van der Waals surface area contributed by atoms with E-state index in [0.717, 1.165) is 16.7 Å². The van der Waals surface area contributed by atoms with Gasteiger partial charge in [0.2, 0.25) is 5.54 Å². The standard InChI is InChI=1S/C26H31N3O6/c1-6-33-20(30)15-27-24(32)26(28-23(31)19-11-9-8-10-12-19)22(29-35-25(26)34-7-2)21-17(4)13-16(3)14-18(21)5/h8-14,25H,6-7,15H2,1-5H3,(H,27,32)(H,28,31). The molecule has 2 N–H and O–H groups in total. The first-order valence-electron chi connectivity index (χ1n) is 11.5. The van der Waals surface area contributed by atoms with E-state index in [9.17, 15) is 14.4 Å². The van der Waals surface area contributed by atoms with Crippen molar-refractivity contribution >= 4 is 23.5 Å². The zero-order valence-electron chi connectivity index (χ0n) is 20.6. The van der Waals surface area contributed by atoms with Crippen LogP contribution in [0.3, 0.4) is 0 Å². The predicted octanol–water partition coefficient (Wildman–Crippen LogP) is 2.56. The molecule has 0 fully saturated rings. The lowest BCUT2D eigenvalue weighted by Gasteiger charge is -2.34. The number of hydrogen-bond acceptors (Lipinski definition) is 7. The first-order valence-corrected chi connectivity index (χ1v) is 11.5. The van der Waals surface area contributed by atoms with Gasteiger partial charge in [0.1, 0.15) is 12.3 Å². The summed E-state index contributed by atoms with van der Waals surface area (Å²) in [5.74, 6) is -1.84. The fraction of sp³-hybridized carbons (Fsp3) is 0.385. The molecule has 1 heterocycles. The maximum Gasteiger partial charge on any atom is 0.325 e. The molecule has 0 saturated heterocycles. The van der Waals surface area contributed by atoms with Crippen molar-refractivity contribution in [1.29, 1.82) is 0 Å². The number of oxime groups is 1. The maximum atomic E-state index is 13.8. The third-order valence-electron chi connectivity index (χ3n) is 5.60. The topological polar surface area (TPSA) is 115 Å². The Bertz CT molecular complexity index is 1110. The molecule has 0 saturated carbocycles. The molecule has 9 nitrogen and oxygen atoms in total. The molecule has 0 aromatic heterocycles. The zero-order chi connectivity index (χ0) is 25.6. The largest absolute Gasteiger partial charge is 0.465 e. The smallest absolute Gasteiger partial charge is 0.325 e. The summed E-state index contributed by atoms with van der Waals surface area (Å²) >= 11 is 0. The third kappa shape index (κ3) is 5.35. The van der Waals surface area contributed by atoms with Crippen LogP contribution in [0.2, 0.25) is 0 Å². The van der Waals surface area contributed by atoms with Crippen LogP contribution in [0.25, 0.3) is 0 Å². The van der Waals surface area contributed by atoms with Gasteiger partial charge in [-0.1, -0.05) is 41.1 Å². The lowest BCUT2D eigenvalue weighted by atomic mass is 9.82.